The van der Waals surface area contributed by atoms with E-state index in [-0.39, 0.29) is 36.0 Å². The maximum atomic E-state index is 13.2. The van der Waals surface area contributed by atoms with Crippen LogP contribution in [-0.2, 0) is 21.4 Å². The van der Waals surface area contributed by atoms with E-state index < -0.39 is 15.9 Å². The molecular formula is C17H21F2N5O3S. The van der Waals surface area contributed by atoms with Crippen molar-refractivity contribution < 1.29 is 22.0 Å². The van der Waals surface area contributed by atoms with Gasteiger partial charge in [0.15, 0.2) is 0 Å². The molecule has 3 rings (SSSR count). The van der Waals surface area contributed by atoms with Crippen molar-refractivity contribution in [2.75, 3.05) is 6.54 Å². The van der Waals surface area contributed by atoms with Crippen molar-refractivity contribution in [2.24, 2.45) is 5.92 Å². The Kier molecular flexibility index (Phi) is 5.84. The van der Waals surface area contributed by atoms with E-state index in [4.69, 9.17) is 0 Å². The van der Waals surface area contributed by atoms with Gasteiger partial charge in [-0.1, -0.05) is 0 Å². The number of aromatic nitrogens is 4. The van der Waals surface area contributed by atoms with Gasteiger partial charge >= 0.3 is 0 Å². The lowest BCUT2D eigenvalue weighted by atomic mass is 9.87. The Labute approximate surface area is 161 Å². The molecule has 0 saturated heterocycles. The van der Waals surface area contributed by atoms with Crippen LogP contribution >= 0.6 is 0 Å². The zero-order valence-electron chi connectivity index (χ0n) is 15.3. The van der Waals surface area contributed by atoms with Gasteiger partial charge < -0.3 is 0 Å². The monoisotopic (exact) mass is 413 g/mol. The summed E-state index contributed by atoms with van der Waals surface area (Å²) in [4.78, 5) is 12.4. The molecule has 1 aliphatic rings. The van der Waals surface area contributed by atoms with E-state index in [0.717, 1.165) is 0 Å². The number of nitrogens with one attached hydrogen (secondary N) is 1. The van der Waals surface area contributed by atoms with Crippen LogP contribution in [0.15, 0.2) is 29.2 Å². The van der Waals surface area contributed by atoms with Crippen molar-refractivity contribution in [1.29, 1.82) is 0 Å². The first-order valence-electron chi connectivity index (χ1n) is 8.90. The normalized spacial score (nSPS) is 17.5. The predicted molar refractivity (Wildman–Crippen MR) is 96.0 cm³/mol. The van der Waals surface area contributed by atoms with Crippen LogP contribution in [0.4, 0.5) is 8.78 Å². The summed E-state index contributed by atoms with van der Waals surface area (Å²) in [7, 11) is -3.77. The van der Waals surface area contributed by atoms with Gasteiger partial charge in [-0.05, 0) is 55.2 Å². The lowest BCUT2D eigenvalue weighted by Crippen LogP contribution is -2.28. The molecule has 0 atom stereocenters. The summed E-state index contributed by atoms with van der Waals surface area (Å²) in [5.74, 6) is -2.45. The second-order valence-electron chi connectivity index (χ2n) is 7.02. The van der Waals surface area contributed by atoms with Gasteiger partial charge in [0, 0.05) is 18.4 Å². The number of carbonyl (C=O) groups is 1. The summed E-state index contributed by atoms with van der Waals surface area (Å²) in [5, 5.41) is 12.2. The molecule has 0 radical (unpaired) electrons. The molecule has 0 bridgehead atoms. The summed E-state index contributed by atoms with van der Waals surface area (Å²) in [6.07, 6.45) is 0.604. The summed E-state index contributed by atoms with van der Waals surface area (Å²) in [6, 6.07) is 5.87. The second kappa shape index (κ2) is 8.00. The Morgan fingerprint density at radius 3 is 2.50 bits per heavy atom. The van der Waals surface area contributed by atoms with Crippen LogP contribution in [0.5, 0.6) is 0 Å². The highest BCUT2D eigenvalue weighted by Crippen LogP contribution is 2.36. The van der Waals surface area contributed by atoms with E-state index in [9.17, 15) is 22.0 Å². The summed E-state index contributed by atoms with van der Waals surface area (Å²) >= 11 is 0. The lowest BCUT2D eigenvalue weighted by Gasteiger charge is -2.27. The third kappa shape index (κ3) is 5.16. The Bertz CT molecular complexity index is 934. The zero-order chi connectivity index (χ0) is 20.4. The first kappa shape index (κ1) is 20.5. The Balaban J connectivity index is 1.64. The number of ketones is 1. The Hall–Kier alpha value is -2.27. The number of alkyl halides is 2. The van der Waals surface area contributed by atoms with E-state index in [1.54, 1.807) is 12.1 Å². The minimum absolute atomic E-state index is 0.0213. The zero-order valence-corrected chi connectivity index (χ0v) is 16.1. The molecule has 1 N–H and O–H groups in total. The number of sulfonamides is 1. The topological polar surface area (TPSA) is 107 Å². The van der Waals surface area contributed by atoms with Crippen LogP contribution in [0.3, 0.4) is 0 Å². The Morgan fingerprint density at radius 1 is 1.25 bits per heavy atom. The minimum atomic E-state index is -3.77. The molecule has 1 heterocycles. The Morgan fingerprint density at radius 2 is 1.89 bits per heavy atom. The number of halogens is 2. The summed E-state index contributed by atoms with van der Waals surface area (Å²) in [5.41, 5.74) is 0.576. The number of tetrazole rings is 1. The van der Waals surface area contributed by atoms with Crippen LogP contribution in [-0.4, -0.2) is 46.9 Å². The number of carbonyl (C=O) groups excluding carboxylic acids is 1. The fourth-order valence-electron chi connectivity index (χ4n) is 3.01. The largest absolute Gasteiger partial charge is 0.299 e. The van der Waals surface area contributed by atoms with Crippen molar-refractivity contribution in [3.05, 3.63) is 24.3 Å². The summed E-state index contributed by atoms with van der Waals surface area (Å²) < 4.78 is 52.9. The van der Waals surface area contributed by atoms with Crippen molar-refractivity contribution in [2.45, 2.75) is 50.0 Å². The first-order valence-corrected chi connectivity index (χ1v) is 10.4. The van der Waals surface area contributed by atoms with E-state index in [2.05, 4.69) is 20.1 Å². The number of benzene rings is 1. The van der Waals surface area contributed by atoms with Crippen molar-refractivity contribution in [3.63, 3.8) is 0 Å². The SMILES string of the molecule is CC(=O)CNS(=O)(=O)c1ccc(-c2nnn(CC3CCC(F)(F)CC3)n2)cc1. The van der Waals surface area contributed by atoms with E-state index in [1.165, 1.54) is 23.9 Å². The molecule has 1 aliphatic carbocycles. The van der Waals surface area contributed by atoms with Crippen LogP contribution in [0.2, 0.25) is 0 Å². The number of hydrogen-bond acceptors (Lipinski definition) is 6. The van der Waals surface area contributed by atoms with Crippen LogP contribution in [0.1, 0.15) is 32.6 Å². The van der Waals surface area contributed by atoms with Crippen LogP contribution in [0.25, 0.3) is 11.4 Å². The standard InChI is InChI=1S/C17H21F2N5O3S/c1-12(25)10-20-28(26,27)15-4-2-14(3-5-15)16-21-23-24(22-16)11-13-6-8-17(18,19)9-7-13/h2-5,13,20H,6-11H2,1H3. The van der Waals surface area contributed by atoms with Gasteiger partial charge in [0.1, 0.15) is 5.78 Å². The fraction of sp³-hybridized carbons (Fsp3) is 0.529. The molecule has 0 aliphatic heterocycles. The molecular weight excluding hydrogens is 392 g/mol. The molecule has 28 heavy (non-hydrogen) atoms. The average molecular weight is 413 g/mol. The molecule has 8 nitrogen and oxygen atoms in total. The number of rotatable bonds is 7. The summed E-state index contributed by atoms with van der Waals surface area (Å²) in [6.45, 7) is 1.44. The highest BCUT2D eigenvalue weighted by Gasteiger charge is 2.35. The van der Waals surface area contributed by atoms with Crippen molar-refractivity contribution >= 4 is 15.8 Å². The third-order valence-electron chi connectivity index (χ3n) is 4.64. The second-order valence-corrected chi connectivity index (χ2v) is 8.79. The molecule has 0 unspecified atom stereocenters. The fourth-order valence-corrected chi connectivity index (χ4v) is 4.07. The minimum Gasteiger partial charge on any atom is -0.299 e. The van der Waals surface area contributed by atoms with Gasteiger partial charge in [-0.15, -0.1) is 10.2 Å². The van der Waals surface area contributed by atoms with Crippen LogP contribution < -0.4 is 4.72 Å². The molecule has 2 aromatic rings. The molecule has 0 amide bonds. The van der Waals surface area contributed by atoms with Gasteiger partial charge in [-0.3, -0.25) is 4.79 Å². The average Bonchev–Trinajstić information content (AvgIpc) is 3.11. The maximum Gasteiger partial charge on any atom is 0.248 e. The van der Waals surface area contributed by atoms with Crippen molar-refractivity contribution in [3.8, 4) is 11.4 Å². The highest BCUT2D eigenvalue weighted by atomic mass is 32.2. The smallest absolute Gasteiger partial charge is 0.248 e. The highest BCUT2D eigenvalue weighted by molar-refractivity contribution is 7.89. The van der Waals surface area contributed by atoms with Gasteiger partial charge in [-0.25, -0.2) is 21.9 Å². The molecule has 11 heteroatoms. The number of hydrogen-bond donors (Lipinski definition) is 1. The molecule has 1 aromatic heterocycles. The van der Waals surface area contributed by atoms with Gasteiger partial charge in [0.05, 0.1) is 18.0 Å². The molecule has 1 fully saturated rings. The molecule has 1 aromatic carbocycles. The molecule has 1 saturated carbocycles. The lowest BCUT2D eigenvalue weighted by molar-refractivity contribution is -0.115. The van der Waals surface area contributed by atoms with Gasteiger partial charge in [-0.2, -0.15) is 4.80 Å². The number of nitrogens with zero attached hydrogens (tertiary/aromatic N) is 4. The first-order chi connectivity index (χ1) is 13.1. The van der Waals surface area contributed by atoms with E-state index >= 15 is 0 Å². The van der Waals surface area contributed by atoms with E-state index in [1.807, 2.05) is 0 Å². The van der Waals surface area contributed by atoms with E-state index in [0.29, 0.717) is 30.8 Å². The third-order valence-corrected chi connectivity index (χ3v) is 6.06. The molecule has 152 valence electrons. The maximum absolute atomic E-state index is 13.2. The van der Waals surface area contributed by atoms with Gasteiger partial charge in [0.25, 0.3) is 0 Å². The van der Waals surface area contributed by atoms with Gasteiger partial charge in [0.2, 0.25) is 21.8 Å². The number of Topliss-reactive ketones (excluding diaryl/α,β-unsaturated/α-hetero) is 1. The van der Waals surface area contributed by atoms with Crippen LogP contribution in [0, 0.1) is 5.92 Å². The predicted octanol–water partition coefficient (Wildman–Crippen LogP) is 2.03. The van der Waals surface area contributed by atoms with Crippen molar-refractivity contribution in [1.82, 2.24) is 24.9 Å². The molecule has 0 spiro atoms. The quantitative estimate of drug-likeness (QED) is 0.744.